The van der Waals surface area contributed by atoms with Gasteiger partial charge in [0, 0.05) is 21.5 Å². The number of nitrogens with one attached hydrogen (secondary N) is 1. The van der Waals surface area contributed by atoms with Crippen LogP contribution in [-0.2, 0) is 0 Å². The van der Waals surface area contributed by atoms with E-state index in [-0.39, 0.29) is 5.91 Å². The Balaban J connectivity index is 2.90. The van der Waals surface area contributed by atoms with Gasteiger partial charge in [0.2, 0.25) is 0 Å². The van der Waals surface area contributed by atoms with Gasteiger partial charge in [-0.05, 0) is 31.5 Å². The molecule has 1 unspecified atom stereocenters. The van der Waals surface area contributed by atoms with Gasteiger partial charge < -0.3 is 5.32 Å². The van der Waals surface area contributed by atoms with E-state index in [4.69, 9.17) is 34.8 Å². The Morgan fingerprint density at radius 2 is 1.82 bits per heavy atom. The Morgan fingerprint density at radius 1 is 1.29 bits per heavy atom. The molecule has 0 aliphatic heterocycles. The van der Waals surface area contributed by atoms with Crippen LogP contribution in [0.1, 0.15) is 30.6 Å². The molecule has 1 amide bonds. The molecule has 0 bridgehead atoms. The minimum absolute atomic E-state index is 0.223. The topological polar surface area (TPSA) is 29.1 Å². The number of halogens is 3. The van der Waals surface area contributed by atoms with Crippen molar-refractivity contribution in [3.8, 4) is 0 Å². The Labute approximate surface area is 116 Å². The summed E-state index contributed by atoms with van der Waals surface area (Å²) in [5, 5.41) is 3.75. The molecular weight excluding hydrogens is 280 g/mol. The van der Waals surface area contributed by atoms with E-state index in [1.165, 1.54) is 0 Å². The molecule has 0 aliphatic rings. The standard InChI is InChI=1S/C12H14Cl3NO/c1-3-12(2,7-13)16-11(17)8-4-9(14)6-10(15)5-8/h4-6H,3,7H2,1-2H3,(H,16,17). The van der Waals surface area contributed by atoms with Crippen molar-refractivity contribution in [1.29, 1.82) is 0 Å². The summed E-state index contributed by atoms with van der Waals surface area (Å²) in [6.45, 7) is 3.86. The Hall–Kier alpha value is -0.440. The van der Waals surface area contributed by atoms with Crippen LogP contribution in [0.25, 0.3) is 0 Å². The molecule has 0 spiro atoms. The summed E-state index contributed by atoms with van der Waals surface area (Å²) in [6, 6.07) is 4.74. The second kappa shape index (κ2) is 5.94. The van der Waals surface area contributed by atoms with Crippen LogP contribution in [0.3, 0.4) is 0 Å². The fourth-order valence-corrected chi connectivity index (χ4v) is 2.03. The molecule has 0 aromatic heterocycles. The number of hydrogen-bond donors (Lipinski definition) is 1. The summed E-state index contributed by atoms with van der Waals surface area (Å²) in [5.74, 6) is 0.128. The first-order valence-electron chi connectivity index (χ1n) is 5.25. The molecule has 2 nitrogen and oxygen atoms in total. The zero-order valence-electron chi connectivity index (χ0n) is 9.69. The first kappa shape index (κ1) is 14.6. The van der Waals surface area contributed by atoms with Crippen molar-refractivity contribution < 1.29 is 4.79 Å². The van der Waals surface area contributed by atoms with Gasteiger partial charge >= 0.3 is 0 Å². The summed E-state index contributed by atoms with van der Waals surface area (Å²) < 4.78 is 0. The average molecular weight is 295 g/mol. The highest BCUT2D eigenvalue weighted by Gasteiger charge is 2.23. The molecule has 94 valence electrons. The quantitative estimate of drug-likeness (QED) is 0.831. The fourth-order valence-electron chi connectivity index (χ4n) is 1.25. The second-order valence-corrected chi connectivity index (χ2v) is 5.30. The van der Waals surface area contributed by atoms with Crippen LogP contribution in [0.15, 0.2) is 18.2 Å². The van der Waals surface area contributed by atoms with Crippen molar-refractivity contribution in [2.45, 2.75) is 25.8 Å². The molecule has 1 aromatic rings. The molecule has 1 atom stereocenters. The van der Waals surface area contributed by atoms with E-state index in [9.17, 15) is 4.79 Å². The van der Waals surface area contributed by atoms with Gasteiger partial charge in [-0.3, -0.25) is 4.79 Å². The lowest BCUT2D eigenvalue weighted by Gasteiger charge is -2.27. The molecule has 1 N–H and O–H groups in total. The molecule has 0 radical (unpaired) electrons. The minimum atomic E-state index is -0.423. The largest absolute Gasteiger partial charge is 0.346 e. The molecule has 5 heteroatoms. The van der Waals surface area contributed by atoms with Crippen molar-refractivity contribution in [3.05, 3.63) is 33.8 Å². The maximum Gasteiger partial charge on any atom is 0.251 e. The van der Waals surface area contributed by atoms with Gasteiger partial charge in [0.05, 0.1) is 5.54 Å². The zero-order valence-corrected chi connectivity index (χ0v) is 12.0. The minimum Gasteiger partial charge on any atom is -0.346 e. The highest BCUT2D eigenvalue weighted by molar-refractivity contribution is 6.35. The lowest BCUT2D eigenvalue weighted by atomic mass is 10.0. The van der Waals surface area contributed by atoms with E-state index < -0.39 is 5.54 Å². The Bertz CT molecular complexity index is 396. The van der Waals surface area contributed by atoms with Crippen LogP contribution in [0, 0.1) is 0 Å². The third kappa shape index (κ3) is 4.06. The van der Waals surface area contributed by atoms with Gasteiger partial charge in [0.15, 0.2) is 0 Å². The first-order valence-corrected chi connectivity index (χ1v) is 6.54. The summed E-state index contributed by atoms with van der Waals surface area (Å²) in [5.41, 5.74) is 0.0141. The number of rotatable bonds is 4. The van der Waals surface area contributed by atoms with Crippen LogP contribution in [0.4, 0.5) is 0 Å². The summed E-state index contributed by atoms with van der Waals surface area (Å²) in [7, 11) is 0. The van der Waals surface area contributed by atoms with Crippen molar-refractivity contribution in [2.24, 2.45) is 0 Å². The smallest absolute Gasteiger partial charge is 0.251 e. The van der Waals surface area contributed by atoms with Crippen LogP contribution in [-0.4, -0.2) is 17.3 Å². The number of alkyl halides is 1. The molecule has 0 saturated carbocycles. The molecule has 0 fully saturated rings. The fraction of sp³-hybridized carbons (Fsp3) is 0.417. The van der Waals surface area contributed by atoms with E-state index in [2.05, 4.69) is 5.32 Å². The third-order valence-electron chi connectivity index (χ3n) is 2.62. The van der Waals surface area contributed by atoms with Crippen molar-refractivity contribution in [1.82, 2.24) is 5.32 Å². The maximum absolute atomic E-state index is 12.0. The van der Waals surface area contributed by atoms with Gasteiger partial charge in [-0.1, -0.05) is 30.1 Å². The van der Waals surface area contributed by atoms with E-state index in [1.54, 1.807) is 18.2 Å². The van der Waals surface area contributed by atoms with Gasteiger partial charge in [-0.25, -0.2) is 0 Å². The number of carbonyl (C=O) groups is 1. The molecule has 1 rings (SSSR count). The Morgan fingerprint density at radius 3 is 2.24 bits per heavy atom. The predicted octanol–water partition coefficient (Wildman–Crippen LogP) is 4.13. The van der Waals surface area contributed by atoms with Crippen LogP contribution in [0.2, 0.25) is 10.0 Å². The van der Waals surface area contributed by atoms with Gasteiger partial charge in [-0.15, -0.1) is 11.6 Å². The van der Waals surface area contributed by atoms with Gasteiger partial charge in [-0.2, -0.15) is 0 Å². The van der Waals surface area contributed by atoms with Crippen molar-refractivity contribution >= 4 is 40.7 Å². The van der Waals surface area contributed by atoms with E-state index in [0.717, 1.165) is 6.42 Å². The highest BCUT2D eigenvalue weighted by Crippen LogP contribution is 2.20. The van der Waals surface area contributed by atoms with E-state index in [0.29, 0.717) is 21.5 Å². The summed E-state index contributed by atoms with van der Waals surface area (Å²) in [4.78, 5) is 12.0. The number of benzene rings is 1. The lowest BCUT2D eigenvalue weighted by Crippen LogP contribution is -2.47. The predicted molar refractivity (Wildman–Crippen MR) is 73.3 cm³/mol. The van der Waals surface area contributed by atoms with E-state index >= 15 is 0 Å². The van der Waals surface area contributed by atoms with Crippen molar-refractivity contribution in [2.75, 3.05) is 5.88 Å². The normalized spacial score (nSPS) is 14.2. The molecule has 1 aromatic carbocycles. The molecule has 0 aliphatic carbocycles. The summed E-state index contributed by atoms with van der Waals surface area (Å²) >= 11 is 17.5. The van der Waals surface area contributed by atoms with Crippen LogP contribution in [0.5, 0.6) is 0 Å². The second-order valence-electron chi connectivity index (χ2n) is 4.16. The first-order chi connectivity index (χ1) is 7.90. The van der Waals surface area contributed by atoms with E-state index in [1.807, 2.05) is 13.8 Å². The zero-order chi connectivity index (χ0) is 13.1. The molecular formula is C12H14Cl3NO. The average Bonchev–Trinajstić information content (AvgIpc) is 2.27. The van der Waals surface area contributed by atoms with Crippen molar-refractivity contribution in [3.63, 3.8) is 0 Å². The summed E-state index contributed by atoms with van der Waals surface area (Å²) in [6.07, 6.45) is 0.747. The highest BCUT2D eigenvalue weighted by atomic mass is 35.5. The third-order valence-corrected chi connectivity index (χ3v) is 3.64. The lowest BCUT2D eigenvalue weighted by molar-refractivity contribution is 0.0912. The maximum atomic E-state index is 12.0. The number of hydrogen-bond acceptors (Lipinski definition) is 1. The van der Waals surface area contributed by atoms with Gasteiger partial charge in [0.25, 0.3) is 5.91 Å². The number of carbonyl (C=O) groups excluding carboxylic acids is 1. The van der Waals surface area contributed by atoms with Gasteiger partial charge in [0.1, 0.15) is 0 Å². The molecule has 0 heterocycles. The monoisotopic (exact) mass is 293 g/mol. The van der Waals surface area contributed by atoms with Crippen LogP contribution < -0.4 is 5.32 Å². The Kier molecular flexibility index (Phi) is 5.11. The molecule has 17 heavy (non-hydrogen) atoms. The molecule has 0 saturated heterocycles. The SMILES string of the molecule is CCC(C)(CCl)NC(=O)c1cc(Cl)cc(Cl)c1. The van der Waals surface area contributed by atoms with Crippen LogP contribution >= 0.6 is 34.8 Å². The number of amides is 1.